The van der Waals surface area contributed by atoms with E-state index in [1.54, 1.807) is 0 Å². The Morgan fingerprint density at radius 2 is 2.17 bits per heavy atom. The average molecular weight is 188 g/mol. The first kappa shape index (κ1) is 9.35. The molecule has 0 saturated heterocycles. The molecule has 0 spiro atoms. The molecule has 0 saturated carbocycles. The summed E-state index contributed by atoms with van der Waals surface area (Å²) in [5, 5.41) is 0. The maximum Gasteiger partial charge on any atom is 0.282 e. The summed E-state index contributed by atoms with van der Waals surface area (Å²) in [6.45, 7) is 5.74. The van der Waals surface area contributed by atoms with Crippen molar-refractivity contribution in [3.05, 3.63) is 24.0 Å². The first-order chi connectivity index (χ1) is 5.59. The van der Waals surface area contributed by atoms with Crippen molar-refractivity contribution in [1.29, 1.82) is 0 Å². The molecule has 1 rings (SSSR count). The van der Waals surface area contributed by atoms with Crippen molar-refractivity contribution in [3.63, 3.8) is 0 Å². The van der Waals surface area contributed by atoms with Gasteiger partial charge < -0.3 is 13.7 Å². The first-order valence-electron chi connectivity index (χ1n) is 3.43. The van der Waals surface area contributed by atoms with Crippen LogP contribution in [0.3, 0.4) is 0 Å². The molecule has 0 N–H and O–H groups in total. The van der Waals surface area contributed by atoms with E-state index >= 15 is 0 Å². The van der Waals surface area contributed by atoms with Crippen LogP contribution in [0.4, 0.5) is 0 Å². The smallest absolute Gasteiger partial charge is 0.282 e. The normalized spacial score (nSPS) is 19.0. The summed E-state index contributed by atoms with van der Waals surface area (Å²) in [6.07, 6.45) is 1.89. The lowest BCUT2D eigenvalue weighted by atomic mass is 10.4. The number of hydrogen-bond donors (Lipinski definition) is 0. The quantitative estimate of drug-likeness (QED) is 0.634. The topological polar surface area (TPSA) is 27.7 Å². The predicted octanol–water partition coefficient (Wildman–Crippen LogP) is 2.00. The molecule has 1 aliphatic heterocycles. The average Bonchev–Trinajstić information content (AvgIpc) is 2.26. The number of rotatable bonds is 3. The highest BCUT2D eigenvalue weighted by molar-refractivity contribution is 8.09. The molecule has 1 unspecified atom stereocenters. The molecule has 1 atom stereocenters. The summed E-state index contributed by atoms with van der Waals surface area (Å²) in [5.41, 5.74) is 0. The highest BCUT2D eigenvalue weighted by Crippen LogP contribution is 2.24. The first-order valence-corrected chi connectivity index (χ1v) is 5.15. The molecule has 0 fully saturated rings. The minimum atomic E-state index is -0.287. The van der Waals surface area contributed by atoms with Crippen LogP contribution in [0.2, 0.25) is 0 Å². The van der Waals surface area contributed by atoms with Gasteiger partial charge >= 0.3 is 0 Å². The second-order valence-corrected chi connectivity index (χ2v) is 3.77. The van der Waals surface area contributed by atoms with Crippen LogP contribution in [0.15, 0.2) is 24.0 Å². The SMILES string of the molecule is C=C1OC(C)=C(COS(=C)C)O1. The van der Waals surface area contributed by atoms with Gasteiger partial charge in [-0.1, -0.05) is 16.6 Å². The van der Waals surface area contributed by atoms with Crippen LogP contribution in [-0.4, -0.2) is 18.7 Å². The fraction of sp³-hybridized carbons (Fsp3) is 0.375. The molecule has 0 amide bonds. The van der Waals surface area contributed by atoms with E-state index in [-0.39, 0.29) is 10.8 Å². The fourth-order valence-corrected chi connectivity index (χ4v) is 1.05. The van der Waals surface area contributed by atoms with Crippen molar-refractivity contribution < 1.29 is 13.7 Å². The van der Waals surface area contributed by atoms with E-state index < -0.39 is 0 Å². The second-order valence-electron chi connectivity index (χ2n) is 2.39. The van der Waals surface area contributed by atoms with E-state index in [4.69, 9.17) is 13.7 Å². The van der Waals surface area contributed by atoms with Crippen LogP contribution in [-0.2, 0) is 13.7 Å². The van der Waals surface area contributed by atoms with Crippen LogP contribution in [0.25, 0.3) is 0 Å². The van der Waals surface area contributed by atoms with Crippen molar-refractivity contribution in [1.82, 2.24) is 0 Å². The number of hydrogen-bond acceptors (Lipinski definition) is 3. The third-order valence-electron chi connectivity index (χ3n) is 1.29. The van der Waals surface area contributed by atoms with Gasteiger partial charge in [-0.25, -0.2) is 0 Å². The number of allylic oxidation sites excluding steroid dienone is 1. The lowest BCUT2D eigenvalue weighted by molar-refractivity contribution is 0.168. The minimum absolute atomic E-state index is 0.287. The Bertz CT molecular complexity index is 255. The monoisotopic (exact) mass is 188 g/mol. The largest absolute Gasteiger partial charge is 0.428 e. The third-order valence-corrected chi connectivity index (χ3v) is 1.81. The van der Waals surface area contributed by atoms with Gasteiger partial charge in [0.2, 0.25) is 0 Å². The molecule has 4 heteroatoms. The van der Waals surface area contributed by atoms with Crippen LogP contribution in [0.5, 0.6) is 0 Å². The van der Waals surface area contributed by atoms with E-state index in [1.807, 2.05) is 13.2 Å². The highest BCUT2D eigenvalue weighted by atomic mass is 32.2. The van der Waals surface area contributed by atoms with Gasteiger partial charge in [-0.2, -0.15) is 0 Å². The van der Waals surface area contributed by atoms with Gasteiger partial charge in [0.15, 0.2) is 5.76 Å². The summed E-state index contributed by atoms with van der Waals surface area (Å²) in [5.74, 6) is 5.42. The Balaban J connectivity index is 2.47. The van der Waals surface area contributed by atoms with Crippen molar-refractivity contribution in [2.45, 2.75) is 6.92 Å². The van der Waals surface area contributed by atoms with Gasteiger partial charge in [-0.15, -0.1) is 0 Å². The van der Waals surface area contributed by atoms with Gasteiger partial charge in [0, 0.05) is 6.26 Å². The molecule has 12 heavy (non-hydrogen) atoms. The maximum absolute atomic E-state index is 5.26. The Morgan fingerprint density at radius 1 is 1.50 bits per heavy atom. The Kier molecular flexibility index (Phi) is 2.94. The standard InChI is InChI=1S/C8H12O3S/c1-6-8(5-9-12(3)4)11-7(2)10-6/h2-3,5H2,1,4H3. The zero-order valence-electron chi connectivity index (χ0n) is 7.25. The van der Waals surface area contributed by atoms with Crippen LogP contribution >= 0.6 is 10.8 Å². The van der Waals surface area contributed by atoms with E-state index in [2.05, 4.69) is 12.4 Å². The predicted molar refractivity (Wildman–Crippen MR) is 50.6 cm³/mol. The zero-order valence-corrected chi connectivity index (χ0v) is 8.07. The summed E-state index contributed by atoms with van der Waals surface area (Å²) in [4.78, 5) is 0. The molecule has 0 bridgehead atoms. The molecule has 0 radical (unpaired) electrons. The Labute approximate surface area is 74.8 Å². The van der Waals surface area contributed by atoms with Crippen molar-refractivity contribution in [2.24, 2.45) is 0 Å². The van der Waals surface area contributed by atoms with Crippen LogP contribution < -0.4 is 0 Å². The van der Waals surface area contributed by atoms with Gasteiger partial charge in [-0.3, -0.25) is 0 Å². The van der Waals surface area contributed by atoms with Crippen LogP contribution in [0, 0.1) is 0 Å². The summed E-state index contributed by atoms with van der Waals surface area (Å²) < 4.78 is 15.5. The molecule has 0 aromatic heterocycles. The number of ether oxygens (including phenoxy) is 2. The molecule has 1 aliphatic rings. The molecule has 1 heterocycles. The molecular weight excluding hydrogens is 176 g/mol. The van der Waals surface area contributed by atoms with Gasteiger partial charge in [0.05, 0.1) is 0 Å². The second kappa shape index (κ2) is 3.78. The molecule has 0 aromatic carbocycles. The van der Waals surface area contributed by atoms with Gasteiger partial charge in [-0.05, 0) is 13.5 Å². The molecule has 0 aliphatic carbocycles. The van der Waals surface area contributed by atoms with Crippen LogP contribution in [0.1, 0.15) is 6.92 Å². The maximum atomic E-state index is 5.26. The Hall–Kier alpha value is -0.740. The third kappa shape index (κ3) is 2.39. The van der Waals surface area contributed by atoms with E-state index in [9.17, 15) is 0 Å². The van der Waals surface area contributed by atoms with Gasteiger partial charge in [0.1, 0.15) is 12.4 Å². The van der Waals surface area contributed by atoms with Gasteiger partial charge in [0.25, 0.3) is 5.95 Å². The molecule has 0 aromatic rings. The van der Waals surface area contributed by atoms with Crippen molar-refractivity contribution >= 4 is 16.6 Å². The van der Waals surface area contributed by atoms with Crippen molar-refractivity contribution in [3.8, 4) is 0 Å². The highest BCUT2D eigenvalue weighted by Gasteiger charge is 2.17. The molecular formula is C8H12O3S. The lowest BCUT2D eigenvalue weighted by Crippen LogP contribution is -1.94. The summed E-state index contributed by atoms with van der Waals surface area (Å²) in [7, 11) is -0.287. The lowest BCUT2D eigenvalue weighted by Gasteiger charge is -2.02. The fourth-order valence-electron chi connectivity index (χ4n) is 0.743. The summed E-state index contributed by atoms with van der Waals surface area (Å²) >= 11 is 0. The zero-order chi connectivity index (χ0) is 9.14. The Morgan fingerprint density at radius 3 is 2.58 bits per heavy atom. The minimum Gasteiger partial charge on any atom is -0.428 e. The van der Waals surface area contributed by atoms with E-state index in [1.165, 1.54) is 0 Å². The summed E-state index contributed by atoms with van der Waals surface area (Å²) in [6, 6.07) is 0. The van der Waals surface area contributed by atoms with E-state index in [0.717, 1.165) is 0 Å². The van der Waals surface area contributed by atoms with Crippen molar-refractivity contribution in [2.75, 3.05) is 12.9 Å². The molecule has 68 valence electrons. The van der Waals surface area contributed by atoms with E-state index in [0.29, 0.717) is 24.1 Å². The molecule has 3 nitrogen and oxygen atoms in total.